The minimum absolute atomic E-state index is 0.258. The summed E-state index contributed by atoms with van der Waals surface area (Å²) in [7, 11) is 1.21. The quantitative estimate of drug-likeness (QED) is 0.417. The highest BCUT2D eigenvalue weighted by Gasteiger charge is 2.05. The Kier molecular flexibility index (Phi) is 2.59. The van der Waals surface area contributed by atoms with Gasteiger partial charge < -0.3 is 13.9 Å². The molecule has 5 heteroatoms. The SMILES string of the molecule is COC(=O)Oc1ccc2ccc(=O)oc2c1. The van der Waals surface area contributed by atoms with Crippen LogP contribution >= 0.6 is 0 Å². The summed E-state index contributed by atoms with van der Waals surface area (Å²) in [5.41, 5.74) is -0.100. The zero-order valence-electron chi connectivity index (χ0n) is 8.43. The maximum absolute atomic E-state index is 11.0. The molecule has 1 aromatic heterocycles. The Hall–Kier alpha value is -2.30. The average molecular weight is 220 g/mol. The van der Waals surface area contributed by atoms with Crippen LogP contribution in [0.1, 0.15) is 0 Å². The highest BCUT2D eigenvalue weighted by atomic mass is 16.7. The van der Waals surface area contributed by atoms with Crippen molar-refractivity contribution in [1.29, 1.82) is 0 Å². The Morgan fingerprint density at radius 2 is 2.00 bits per heavy atom. The van der Waals surface area contributed by atoms with Gasteiger partial charge in [0, 0.05) is 17.5 Å². The Bertz CT molecular complexity index is 584. The molecule has 1 aromatic carbocycles. The summed E-state index contributed by atoms with van der Waals surface area (Å²) in [5.74, 6) is 0.258. The molecule has 0 aliphatic heterocycles. The maximum atomic E-state index is 11.0. The first-order valence-corrected chi connectivity index (χ1v) is 4.49. The normalized spacial score (nSPS) is 10.1. The Balaban J connectivity index is 2.42. The molecule has 0 atom stereocenters. The van der Waals surface area contributed by atoms with Crippen molar-refractivity contribution in [3.05, 3.63) is 40.8 Å². The lowest BCUT2D eigenvalue weighted by Gasteiger charge is -2.02. The fourth-order valence-corrected chi connectivity index (χ4v) is 1.24. The van der Waals surface area contributed by atoms with Gasteiger partial charge in [-0.3, -0.25) is 0 Å². The van der Waals surface area contributed by atoms with Crippen molar-refractivity contribution >= 4 is 17.1 Å². The van der Waals surface area contributed by atoms with Crippen molar-refractivity contribution in [2.75, 3.05) is 7.11 Å². The third-order valence-corrected chi connectivity index (χ3v) is 1.96. The predicted octanol–water partition coefficient (Wildman–Crippen LogP) is 1.94. The van der Waals surface area contributed by atoms with Crippen molar-refractivity contribution < 1.29 is 18.7 Å². The van der Waals surface area contributed by atoms with Gasteiger partial charge in [0.05, 0.1) is 7.11 Å². The summed E-state index contributed by atoms with van der Waals surface area (Å²) >= 11 is 0. The largest absolute Gasteiger partial charge is 0.513 e. The van der Waals surface area contributed by atoms with Gasteiger partial charge in [-0.2, -0.15) is 0 Å². The van der Waals surface area contributed by atoms with E-state index >= 15 is 0 Å². The summed E-state index contributed by atoms with van der Waals surface area (Å²) in [6.07, 6.45) is -0.822. The van der Waals surface area contributed by atoms with Gasteiger partial charge in [0.15, 0.2) is 0 Å². The van der Waals surface area contributed by atoms with Crippen LogP contribution in [0.5, 0.6) is 5.75 Å². The number of carbonyl (C=O) groups is 1. The second-order valence-electron chi connectivity index (χ2n) is 3.01. The second kappa shape index (κ2) is 4.06. The van der Waals surface area contributed by atoms with Crippen LogP contribution < -0.4 is 10.4 Å². The van der Waals surface area contributed by atoms with Gasteiger partial charge in [0.1, 0.15) is 11.3 Å². The summed E-state index contributed by atoms with van der Waals surface area (Å²) in [4.78, 5) is 21.8. The van der Waals surface area contributed by atoms with Crippen molar-refractivity contribution in [3.8, 4) is 5.75 Å². The average Bonchev–Trinajstić information content (AvgIpc) is 2.28. The molecular formula is C11H8O5. The lowest BCUT2D eigenvalue weighted by Crippen LogP contribution is -2.07. The van der Waals surface area contributed by atoms with Gasteiger partial charge in [-0.1, -0.05) is 0 Å². The van der Waals surface area contributed by atoms with Crippen molar-refractivity contribution in [2.45, 2.75) is 0 Å². The molecule has 1 heterocycles. The van der Waals surface area contributed by atoms with E-state index in [9.17, 15) is 9.59 Å². The van der Waals surface area contributed by atoms with E-state index in [1.54, 1.807) is 18.2 Å². The molecular weight excluding hydrogens is 212 g/mol. The maximum Gasteiger partial charge on any atom is 0.513 e. The fourth-order valence-electron chi connectivity index (χ4n) is 1.24. The van der Waals surface area contributed by atoms with Gasteiger partial charge >= 0.3 is 11.8 Å². The first kappa shape index (κ1) is 10.2. The van der Waals surface area contributed by atoms with Crippen LogP contribution in [-0.4, -0.2) is 13.3 Å². The number of rotatable bonds is 1. The lowest BCUT2D eigenvalue weighted by molar-refractivity contribution is 0.121. The third-order valence-electron chi connectivity index (χ3n) is 1.96. The molecule has 2 rings (SSSR count). The van der Waals surface area contributed by atoms with Gasteiger partial charge in [-0.25, -0.2) is 9.59 Å². The summed E-state index contributed by atoms with van der Waals surface area (Å²) in [5, 5.41) is 0.747. The molecule has 2 aromatic rings. The van der Waals surface area contributed by atoms with Crippen LogP contribution in [0.15, 0.2) is 39.5 Å². The van der Waals surface area contributed by atoms with Gasteiger partial charge in [0.2, 0.25) is 0 Å². The molecule has 0 amide bonds. The summed E-state index contributed by atoms with van der Waals surface area (Å²) < 4.78 is 14.1. The van der Waals surface area contributed by atoms with Gasteiger partial charge in [-0.15, -0.1) is 0 Å². The minimum Gasteiger partial charge on any atom is -0.437 e. The number of methoxy groups -OCH3 is 1. The van der Waals surface area contributed by atoms with E-state index in [0.717, 1.165) is 5.39 Å². The molecule has 0 fully saturated rings. The zero-order valence-corrected chi connectivity index (χ0v) is 8.43. The van der Waals surface area contributed by atoms with Gasteiger partial charge in [0.25, 0.3) is 0 Å². The fraction of sp³-hybridized carbons (Fsp3) is 0.0909. The first-order valence-electron chi connectivity index (χ1n) is 4.49. The van der Waals surface area contributed by atoms with E-state index in [1.165, 1.54) is 19.2 Å². The number of fused-ring (bicyclic) bond motifs is 1. The van der Waals surface area contributed by atoms with Gasteiger partial charge in [-0.05, 0) is 18.2 Å². The minimum atomic E-state index is -0.822. The Morgan fingerprint density at radius 1 is 1.25 bits per heavy atom. The Morgan fingerprint density at radius 3 is 2.75 bits per heavy atom. The van der Waals surface area contributed by atoms with Crippen molar-refractivity contribution in [3.63, 3.8) is 0 Å². The molecule has 0 radical (unpaired) electrons. The number of benzene rings is 1. The standard InChI is InChI=1S/C11H8O5/c1-14-11(13)15-8-4-2-7-3-5-10(12)16-9(7)6-8/h2-6H,1H3. The van der Waals surface area contributed by atoms with Crippen LogP contribution in [0.4, 0.5) is 4.79 Å². The number of hydrogen-bond acceptors (Lipinski definition) is 5. The number of carbonyl (C=O) groups excluding carboxylic acids is 1. The van der Waals surface area contributed by atoms with E-state index in [-0.39, 0.29) is 5.75 Å². The van der Waals surface area contributed by atoms with Crippen LogP contribution in [-0.2, 0) is 4.74 Å². The van der Waals surface area contributed by atoms with E-state index in [2.05, 4.69) is 4.74 Å². The number of hydrogen-bond donors (Lipinski definition) is 0. The highest BCUT2D eigenvalue weighted by Crippen LogP contribution is 2.19. The molecule has 0 unspecified atom stereocenters. The van der Waals surface area contributed by atoms with Crippen molar-refractivity contribution in [2.24, 2.45) is 0 Å². The molecule has 0 aliphatic carbocycles. The zero-order chi connectivity index (χ0) is 11.5. The van der Waals surface area contributed by atoms with E-state index < -0.39 is 11.8 Å². The molecule has 0 N–H and O–H groups in total. The second-order valence-corrected chi connectivity index (χ2v) is 3.01. The van der Waals surface area contributed by atoms with Crippen LogP contribution in [0.3, 0.4) is 0 Å². The molecule has 16 heavy (non-hydrogen) atoms. The smallest absolute Gasteiger partial charge is 0.437 e. The molecule has 82 valence electrons. The highest BCUT2D eigenvalue weighted by molar-refractivity contribution is 5.78. The first-order chi connectivity index (χ1) is 7.69. The monoisotopic (exact) mass is 220 g/mol. The topological polar surface area (TPSA) is 65.7 Å². The molecule has 0 saturated heterocycles. The molecule has 0 aliphatic rings. The summed E-state index contributed by atoms with van der Waals surface area (Å²) in [6.45, 7) is 0. The van der Waals surface area contributed by atoms with Crippen LogP contribution in [0.2, 0.25) is 0 Å². The van der Waals surface area contributed by atoms with E-state index in [1.807, 2.05) is 0 Å². The lowest BCUT2D eigenvalue weighted by atomic mass is 10.2. The molecule has 0 spiro atoms. The van der Waals surface area contributed by atoms with Crippen LogP contribution in [0, 0.1) is 0 Å². The number of ether oxygens (including phenoxy) is 2. The molecule has 0 saturated carbocycles. The van der Waals surface area contributed by atoms with Crippen molar-refractivity contribution in [1.82, 2.24) is 0 Å². The third kappa shape index (κ3) is 2.03. The molecule has 0 bridgehead atoms. The van der Waals surface area contributed by atoms with E-state index in [0.29, 0.717) is 5.58 Å². The van der Waals surface area contributed by atoms with Crippen LogP contribution in [0.25, 0.3) is 11.0 Å². The summed E-state index contributed by atoms with van der Waals surface area (Å²) in [6, 6.07) is 7.66. The Labute approximate surface area is 90.2 Å². The predicted molar refractivity (Wildman–Crippen MR) is 55.5 cm³/mol. The van der Waals surface area contributed by atoms with E-state index in [4.69, 9.17) is 9.15 Å². The molecule has 5 nitrogen and oxygen atoms in total.